The van der Waals surface area contributed by atoms with Gasteiger partial charge in [-0.3, -0.25) is 14.4 Å². The lowest BCUT2D eigenvalue weighted by Crippen LogP contribution is -2.60. The van der Waals surface area contributed by atoms with Gasteiger partial charge in [-0.25, -0.2) is 0 Å². The van der Waals surface area contributed by atoms with E-state index in [9.17, 15) is 14.7 Å². The Bertz CT molecular complexity index is 1740. The average Bonchev–Trinajstić information content (AvgIpc) is 3.69. The van der Waals surface area contributed by atoms with Crippen molar-refractivity contribution >= 4 is 51.6 Å². The van der Waals surface area contributed by atoms with Crippen molar-refractivity contribution in [3.05, 3.63) is 92.0 Å². The number of nitrogens with zero attached hydrogens (tertiary/aromatic N) is 3. The van der Waals surface area contributed by atoms with Crippen molar-refractivity contribution in [2.45, 2.75) is 56.2 Å². The number of fused-ring (bicyclic) bond motifs is 2. The van der Waals surface area contributed by atoms with E-state index in [0.29, 0.717) is 30.2 Å². The van der Waals surface area contributed by atoms with Crippen LogP contribution in [0.4, 0.5) is 11.4 Å². The number of amides is 3. The molecule has 8 nitrogen and oxygen atoms in total. The predicted molar refractivity (Wildman–Crippen MR) is 198 cm³/mol. The van der Waals surface area contributed by atoms with E-state index in [1.807, 2.05) is 87.5 Å². The minimum atomic E-state index is -0.878. The highest BCUT2D eigenvalue weighted by Gasteiger charge is 2.77. The molecule has 0 aliphatic carbocycles. The van der Waals surface area contributed by atoms with Gasteiger partial charge in [0, 0.05) is 29.7 Å². The summed E-state index contributed by atoms with van der Waals surface area (Å²) in [6.07, 6.45) is 4.10. The second-order valence-electron chi connectivity index (χ2n) is 13.7. The molecule has 3 fully saturated rings. The van der Waals surface area contributed by atoms with Crippen molar-refractivity contribution < 1.29 is 24.2 Å². The highest BCUT2D eigenvalue weighted by Crippen LogP contribution is 2.69. The van der Waals surface area contributed by atoms with Gasteiger partial charge in [-0.05, 0) is 72.4 Å². The Morgan fingerprint density at radius 3 is 2.24 bits per heavy atom. The maximum Gasteiger partial charge on any atom is 0.251 e. The van der Waals surface area contributed by atoms with Crippen LogP contribution < -0.4 is 14.5 Å². The third kappa shape index (κ3) is 5.74. The van der Waals surface area contributed by atoms with Gasteiger partial charge in [0.2, 0.25) is 11.8 Å². The fourth-order valence-electron chi connectivity index (χ4n) is 8.46. The van der Waals surface area contributed by atoms with Crippen LogP contribution in [0.3, 0.4) is 0 Å². The van der Waals surface area contributed by atoms with Crippen LogP contribution in [0.15, 0.2) is 92.0 Å². The predicted octanol–water partition coefficient (Wildman–Crippen LogP) is 6.33. The molecule has 3 saturated heterocycles. The molecule has 258 valence electrons. The molecule has 2 bridgehead atoms. The zero-order chi connectivity index (χ0) is 35.0. The second-order valence-corrected chi connectivity index (χ2v) is 15.3. The van der Waals surface area contributed by atoms with E-state index in [1.54, 1.807) is 38.6 Å². The molecule has 3 aromatic rings. The van der Waals surface area contributed by atoms with Crippen molar-refractivity contribution in [3.63, 3.8) is 0 Å². The fraction of sp³-hybridized carbons (Fsp3) is 0.425. The Kier molecular flexibility index (Phi) is 9.96. The summed E-state index contributed by atoms with van der Waals surface area (Å²) < 4.78 is 4.78. The fourth-order valence-corrected chi connectivity index (χ4v) is 10.9. The highest BCUT2D eigenvalue weighted by atomic mass is 32.2. The molecule has 3 heterocycles. The molecule has 0 saturated carbocycles. The number of benzene rings is 3. The molecule has 9 heteroatoms. The van der Waals surface area contributed by atoms with Gasteiger partial charge in [-0.1, -0.05) is 63.3 Å². The zero-order valence-electron chi connectivity index (χ0n) is 28.8. The number of rotatable bonds is 13. The number of aliphatic hydroxyl groups excluding tert-OH is 1. The third-order valence-electron chi connectivity index (χ3n) is 10.7. The van der Waals surface area contributed by atoms with Crippen LogP contribution in [0.2, 0.25) is 0 Å². The minimum Gasteiger partial charge on any atom is -0.494 e. The number of carbonyl (C=O) groups excluding carboxylic acids is 3. The zero-order valence-corrected chi connectivity index (χ0v) is 29.6. The summed E-state index contributed by atoms with van der Waals surface area (Å²) in [5.41, 5.74) is 1.41. The molecule has 3 unspecified atom stereocenters. The molecular weight excluding hydrogens is 635 g/mol. The Hall–Kier alpha value is -4.08. The summed E-state index contributed by atoms with van der Waals surface area (Å²) in [5.74, 6) is -1.39. The summed E-state index contributed by atoms with van der Waals surface area (Å²) in [7, 11) is 0. The maximum absolute atomic E-state index is 15.2. The first-order valence-corrected chi connectivity index (χ1v) is 18.2. The highest BCUT2D eigenvalue weighted by molar-refractivity contribution is 8.02. The van der Waals surface area contributed by atoms with Crippen LogP contribution in [0, 0.1) is 23.7 Å². The summed E-state index contributed by atoms with van der Waals surface area (Å²) in [5, 5.41) is 12.7. The first kappa shape index (κ1) is 34.8. The second kappa shape index (κ2) is 14.0. The number of hydrogen-bond acceptors (Lipinski definition) is 6. The van der Waals surface area contributed by atoms with Crippen molar-refractivity contribution in [2.75, 3.05) is 36.1 Å². The first-order chi connectivity index (χ1) is 23.6. The van der Waals surface area contributed by atoms with Gasteiger partial charge in [0.15, 0.2) is 0 Å². The average molecular weight is 682 g/mol. The molecule has 3 aliphatic rings. The Balaban J connectivity index is 1.45. The minimum absolute atomic E-state index is 0.0218. The van der Waals surface area contributed by atoms with Crippen molar-refractivity contribution in [1.82, 2.24) is 4.90 Å². The van der Waals surface area contributed by atoms with Crippen molar-refractivity contribution in [2.24, 2.45) is 23.7 Å². The molecule has 3 aromatic carbocycles. The number of thioether (sulfide) groups is 1. The van der Waals surface area contributed by atoms with Crippen LogP contribution >= 0.6 is 11.8 Å². The van der Waals surface area contributed by atoms with Gasteiger partial charge in [-0.2, -0.15) is 0 Å². The Morgan fingerprint density at radius 1 is 1.00 bits per heavy atom. The summed E-state index contributed by atoms with van der Waals surface area (Å²) in [4.78, 5) is 50.1. The van der Waals surface area contributed by atoms with E-state index in [0.717, 1.165) is 10.8 Å². The van der Waals surface area contributed by atoms with E-state index in [4.69, 9.17) is 4.74 Å². The largest absolute Gasteiger partial charge is 0.494 e. The molecule has 3 aliphatic heterocycles. The van der Waals surface area contributed by atoms with Crippen molar-refractivity contribution in [1.29, 1.82) is 0 Å². The third-order valence-corrected chi connectivity index (χ3v) is 12.8. The summed E-state index contributed by atoms with van der Waals surface area (Å²) >= 11 is 1.64. The van der Waals surface area contributed by atoms with E-state index < -0.39 is 28.7 Å². The SMILES string of the molecule is C=CCN(C(=O)C1N([C@@H](CO)C(C)C)C(=O)[C@@H]2[C@H](C(=O)N(CC=C)c3ccc(OCC)cc3)[C@@H]3CC(C)C12S3)c1ccc2ccccc2c1. The van der Waals surface area contributed by atoms with Crippen LogP contribution in [-0.2, 0) is 14.4 Å². The van der Waals surface area contributed by atoms with Crippen LogP contribution in [0.1, 0.15) is 34.1 Å². The van der Waals surface area contributed by atoms with Gasteiger partial charge in [-0.15, -0.1) is 24.9 Å². The van der Waals surface area contributed by atoms with E-state index in [-0.39, 0.29) is 54.5 Å². The normalized spacial score (nSPS) is 26.1. The molecule has 7 atom stereocenters. The molecule has 1 N–H and O–H groups in total. The van der Waals surface area contributed by atoms with Gasteiger partial charge in [0.1, 0.15) is 11.8 Å². The molecule has 1 spiro atoms. The monoisotopic (exact) mass is 681 g/mol. The lowest BCUT2D eigenvalue weighted by atomic mass is 9.65. The van der Waals surface area contributed by atoms with Gasteiger partial charge < -0.3 is 24.5 Å². The van der Waals surface area contributed by atoms with Crippen LogP contribution in [0.25, 0.3) is 10.8 Å². The molecule has 6 rings (SSSR count). The van der Waals surface area contributed by atoms with E-state index in [1.165, 1.54) is 0 Å². The van der Waals surface area contributed by atoms with Crippen molar-refractivity contribution in [3.8, 4) is 5.75 Å². The lowest BCUT2D eigenvalue weighted by molar-refractivity contribution is -0.142. The topological polar surface area (TPSA) is 90.4 Å². The molecule has 0 radical (unpaired) electrons. The molecule has 3 amide bonds. The Labute approximate surface area is 293 Å². The molecular formula is C40H47N3O5S. The van der Waals surface area contributed by atoms with E-state index in [2.05, 4.69) is 20.1 Å². The molecule has 0 aromatic heterocycles. The first-order valence-electron chi connectivity index (χ1n) is 17.3. The quantitative estimate of drug-likeness (QED) is 0.212. The summed E-state index contributed by atoms with van der Waals surface area (Å²) in [6.45, 7) is 16.6. The molecule has 49 heavy (non-hydrogen) atoms. The van der Waals surface area contributed by atoms with Gasteiger partial charge >= 0.3 is 0 Å². The lowest BCUT2D eigenvalue weighted by Gasteiger charge is -2.43. The number of ether oxygens (including phenoxy) is 1. The number of hydrogen-bond donors (Lipinski definition) is 1. The maximum atomic E-state index is 15.2. The number of aliphatic hydroxyl groups is 1. The smallest absolute Gasteiger partial charge is 0.251 e. The summed E-state index contributed by atoms with van der Waals surface area (Å²) in [6, 6.07) is 19.9. The Morgan fingerprint density at radius 2 is 1.63 bits per heavy atom. The number of anilines is 2. The van der Waals surface area contributed by atoms with Crippen LogP contribution in [-0.4, -0.2) is 76.1 Å². The standard InChI is InChI=1S/C40H47N3O5S/c1-7-20-41(29-16-18-31(19-17-29)48-9-3)37(45)34-33-22-26(6)40(49-33)35(34)38(46)43(32(24-44)25(4)5)36(40)39(47)42(21-8-2)30-15-14-27-12-10-11-13-28(27)23-30/h7-8,10-19,23,25-26,32-36,44H,1-2,9,20-22,24H2,3-6H3/t26?,32-,33-,34+,35-,36?,40?/m0/s1. The van der Waals surface area contributed by atoms with Gasteiger partial charge in [0.25, 0.3) is 5.91 Å². The van der Waals surface area contributed by atoms with Gasteiger partial charge in [0.05, 0.1) is 35.8 Å². The van der Waals surface area contributed by atoms with Crippen LogP contribution in [0.5, 0.6) is 5.75 Å². The number of likely N-dealkylation sites (tertiary alicyclic amines) is 1. The number of carbonyl (C=O) groups is 3. The van der Waals surface area contributed by atoms with E-state index >= 15 is 4.79 Å².